The van der Waals surface area contributed by atoms with Crippen LogP contribution in [0.25, 0.3) is 0 Å². The third-order valence-corrected chi connectivity index (χ3v) is 6.97. The van der Waals surface area contributed by atoms with Crippen LogP contribution in [0.2, 0.25) is 0 Å². The molecule has 1 aliphatic carbocycles. The summed E-state index contributed by atoms with van der Waals surface area (Å²) in [5.41, 5.74) is 1.95. The number of esters is 1. The summed E-state index contributed by atoms with van der Waals surface area (Å²) in [6.07, 6.45) is 4.50. The third-order valence-electron chi connectivity index (χ3n) is 6.97. The number of benzene rings is 1. The van der Waals surface area contributed by atoms with Gasteiger partial charge < -0.3 is 19.5 Å². The van der Waals surface area contributed by atoms with Gasteiger partial charge in [0.25, 0.3) is 0 Å². The topological polar surface area (TPSA) is 87.5 Å². The van der Waals surface area contributed by atoms with Gasteiger partial charge in [0.1, 0.15) is 30.0 Å². The molecule has 2 aromatic rings. The molecular weight excluding hydrogens is 420 g/mol. The Morgan fingerprint density at radius 3 is 2.70 bits per heavy atom. The highest BCUT2D eigenvalue weighted by molar-refractivity contribution is 5.92. The summed E-state index contributed by atoms with van der Waals surface area (Å²) in [5, 5.41) is 7.63. The molecule has 8 nitrogen and oxygen atoms in total. The Kier molecular flexibility index (Phi) is 6.63. The molecular formula is C25H34N4O4. The summed E-state index contributed by atoms with van der Waals surface area (Å²) in [5.74, 6) is 2.87. The predicted molar refractivity (Wildman–Crippen MR) is 125 cm³/mol. The second-order valence-electron chi connectivity index (χ2n) is 9.47. The minimum Gasteiger partial charge on any atom is -0.497 e. The number of methoxy groups -OCH3 is 2. The summed E-state index contributed by atoms with van der Waals surface area (Å²) in [7, 11) is 3.22. The Morgan fingerprint density at radius 1 is 1.21 bits per heavy atom. The smallest absolute Gasteiger partial charge is 0.338 e. The third kappa shape index (κ3) is 4.43. The number of nitrogens with one attached hydrogen (secondary N) is 1. The van der Waals surface area contributed by atoms with Crippen molar-refractivity contribution in [1.82, 2.24) is 14.8 Å². The van der Waals surface area contributed by atoms with Crippen LogP contribution in [-0.4, -0.2) is 41.1 Å². The van der Waals surface area contributed by atoms with Gasteiger partial charge in [-0.2, -0.15) is 10.1 Å². The molecule has 2 aliphatic rings. The minimum atomic E-state index is -0.556. The summed E-state index contributed by atoms with van der Waals surface area (Å²) in [6.45, 7) is 8.52. The number of fused-ring (bicyclic) bond motifs is 1. The quantitative estimate of drug-likeness (QED) is 0.639. The summed E-state index contributed by atoms with van der Waals surface area (Å²) in [4.78, 5) is 18.1. The van der Waals surface area contributed by atoms with E-state index in [9.17, 15) is 4.79 Å². The number of nitrogens with zero attached hydrogens (tertiary/aromatic N) is 3. The van der Waals surface area contributed by atoms with Gasteiger partial charge in [-0.05, 0) is 55.7 Å². The number of anilines is 1. The zero-order valence-corrected chi connectivity index (χ0v) is 20.3. The van der Waals surface area contributed by atoms with Crippen LogP contribution in [0, 0.1) is 17.8 Å². The van der Waals surface area contributed by atoms with E-state index in [1.165, 1.54) is 12.7 Å². The van der Waals surface area contributed by atoms with Gasteiger partial charge >= 0.3 is 5.97 Å². The van der Waals surface area contributed by atoms with E-state index < -0.39 is 6.04 Å². The van der Waals surface area contributed by atoms with Crippen LogP contribution >= 0.6 is 0 Å². The highest BCUT2D eigenvalue weighted by Gasteiger charge is 2.39. The Balaban J connectivity index is 1.75. The molecule has 33 heavy (non-hydrogen) atoms. The standard InChI is InChI=1S/C25H34N4O4/c1-14(2)18-9-7-15(3)11-21(18)33-24(30)22-16(4)28-25-26-13-27-29(25)23(22)19-12-17(31-5)8-10-20(19)32-6/h8,10,12-15,18,21,23H,7,9,11H2,1-6H3,(H,26,27,28)/t15-,18+,21-,23-/m1/s1. The lowest BCUT2D eigenvalue weighted by Crippen LogP contribution is -2.38. The molecule has 8 heteroatoms. The first-order chi connectivity index (χ1) is 15.8. The molecule has 0 bridgehead atoms. The molecule has 1 saturated carbocycles. The zero-order valence-electron chi connectivity index (χ0n) is 20.3. The van der Waals surface area contributed by atoms with Crippen molar-refractivity contribution in [1.29, 1.82) is 0 Å². The number of hydrogen-bond acceptors (Lipinski definition) is 7. The monoisotopic (exact) mass is 454 g/mol. The van der Waals surface area contributed by atoms with E-state index in [-0.39, 0.29) is 12.1 Å². The lowest BCUT2D eigenvalue weighted by molar-refractivity contribution is -0.151. The Labute approximate surface area is 195 Å². The van der Waals surface area contributed by atoms with E-state index in [1.807, 2.05) is 25.1 Å². The van der Waals surface area contributed by atoms with Crippen LogP contribution in [0.3, 0.4) is 0 Å². The van der Waals surface area contributed by atoms with Crippen molar-refractivity contribution in [3.63, 3.8) is 0 Å². The molecule has 0 amide bonds. The van der Waals surface area contributed by atoms with E-state index in [0.29, 0.717) is 46.5 Å². The lowest BCUT2D eigenvalue weighted by atomic mass is 9.75. The molecule has 1 aromatic heterocycles. The molecule has 178 valence electrons. The largest absolute Gasteiger partial charge is 0.497 e. The fourth-order valence-corrected chi connectivity index (χ4v) is 5.15. The molecule has 0 saturated heterocycles. The van der Waals surface area contributed by atoms with Crippen molar-refractivity contribution >= 4 is 11.9 Å². The highest BCUT2D eigenvalue weighted by Crippen LogP contribution is 2.42. The molecule has 1 aliphatic heterocycles. The number of hydrogen-bond donors (Lipinski definition) is 1. The van der Waals surface area contributed by atoms with Crippen LogP contribution < -0.4 is 14.8 Å². The molecule has 0 unspecified atom stereocenters. The van der Waals surface area contributed by atoms with Crippen molar-refractivity contribution in [3.8, 4) is 11.5 Å². The molecule has 0 radical (unpaired) electrons. The summed E-state index contributed by atoms with van der Waals surface area (Å²) >= 11 is 0. The van der Waals surface area contributed by atoms with E-state index in [0.717, 1.165) is 18.4 Å². The van der Waals surface area contributed by atoms with Crippen LogP contribution in [0.1, 0.15) is 58.6 Å². The Morgan fingerprint density at radius 2 is 2.00 bits per heavy atom. The van der Waals surface area contributed by atoms with Crippen molar-refractivity contribution < 1.29 is 19.0 Å². The number of rotatable bonds is 6. The summed E-state index contributed by atoms with van der Waals surface area (Å²) < 4.78 is 19.1. The SMILES string of the molecule is COc1ccc(OC)c([C@@H]2C(C(=O)O[C@@H]3C[C@H](C)CC[C@H]3C(C)C)=C(C)Nc3ncnn32)c1. The van der Waals surface area contributed by atoms with E-state index >= 15 is 0 Å². The highest BCUT2D eigenvalue weighted by atomic mass is 16.5. The van der Waals surface area contributed by atoms with E-state index in [2.05, 4.69) is 36.2 Å². The maximum absolute atomic E-state index is 13.8. The maximum Gasteiger partial charge on any atom is 0.338 e. The predicted octanol–water partition coefficient (Wildman–Crippen LogP) is 4.59. The first kappa shape index (κ1) is 23.1. The van der Waals surface area contributed by atoms with Crippen molar-refractivity contribution in [2.24, 2.45) is 17.8 Å². The summed E-state index contributed by atoms with van der Waals surface area (Å²) in [6, 6.07) is 4.99. The average Bonchev–Trinajstić information content (AvgIpc) is 3.25. The first-order valence-corrected chi connectivity index (χ1v) is 11.6. The van der Waals surface area contributed by atoms with Gasteiger partial charge in [0.05, 0.1) is 19.8 Å². The molecule has 2 heterocycles. The minimum absolute atomic E-state index is 0.105. The van der Waals surface area contributed by atoms with Crippen molar-refractivity contribution in [3.05, 3.63) is 41.4 Å². The Bertz CT molecular complexity index is 1040. The number of carbonyl (C=O) groups excluding carboxylic acids is 1. The number of aromatic nitrogens is 3. The van der Waals surface area contributed by atoms with E-state index in [1.54, 1.807) is 18.9 Å². The van der Waals surface area contributed by atoms with Gasteiger partial charge in [-0.25, -0.2) is 9.48 Å². The van der Waals surface area contributed by atoms with Crippen LogP contribution in [0.5, 0.6) is 11.5 Å². The second kappa shape index (κ2) is 9.45. The van der Waals surface area contributed by atoms with Gasteiger partial charge in [-0.3, -0.25) is 0 Å². The average molecular weight is 455 g/mol. The van der Waals surface area contributed by atoms with E-state index in [4.69, 9.17) is 14.2 Å². The van der Waals surface area contributed by atoms with Gasteiger partial charge in [0, 0.05) is 11.3 Å². The van der Waals surface area contributed by atoms with Gasteiger partial charge in [0.2, 0.25) is 5.95 Å². The zero-order chi connectivity index (χ0) is 23.7. The second-order valence-corrected chi connectivity index (χ2v) is 9.47. The lowest BCUT2D eigenvalue weighted by Gasteiger charge is -2.37. The van der Waals surface area contributed by atoms with Crippen molar-refractivity contribution in [2.75, 3.05) is 19.5 Å². The first-order valence-electron chi connectivity index (χ1n) is 11.6. The van der Waals surface area contributed by atoms with Gasteiger partial charge in [0.15, 0.2) is 0 Å². The Hall–Kier alpha value is -3.03. The van der Waals surface area contributed by atoms with Crippen LogP contribution in [0.4, 0.5) is 5.95 Å². The number of carbonyl (C=O) groups is 1. The van der Waals surface area contributed by atoms with Gasteiger partial charge in [-0.15, -0.1) is 0 Å². The molecule has 4 rings (SSSR count). The molecule has 4 atom stereocenters. The normalized spacial score (nSPS) is 24.8. The molecule has 1 N–H and O–H groups in total. The fraction of sp³-hybridized carbons (Fsp3) is 0.560. The number of allylic oxidation sites excluding steroid dienone is 1. The maximum atomic E-state index is 13.8. The van der Waals surface area contributed by atoms with Gasteiger partial charge in [-0.1, -0.05) is 27.2 Å². The number of ether oxygens (including phenoxy) is 3. The van der Waals surface area contributed by atoms with Crippen LogP contribution in [-0.2, 0) is 9.53 Å². The fourth-order valence-electron chi connectivity index (χ4n) is 5.15. The molecule has 1 fully saturated rings. The molecule has 1 aromatic carbocycles. The van der Waals surface area contributed by atoms with Crippen molar-refractivity contribution in [2.45, 2.75) is 59.1 Å². The molecule has 0 spiro atoms. The van der Waals surface area contributed by atoms with Crippen LogP contribution in [0.15, 0.2) is 35.8 Å².